The van der Waals surface area contributed by atoms with E-state index in [9.17, 15) is 14.2 Å². The Morgan fingerprint density at radius 2 is 1.36 bits per heavy atom. The molecule has 10 heteroatoms. The van der Waals surface area contributed by atoms with E-state index in [4.69, 9.17) is 14.5 Å². The molecule has 4 aromatic rings. The third-order valence-electron chi connectivity index (χ3n) is 5.55. The SMILES string of the molecule is CN(C(=O)/C=C/c1ccccc1)c1ccc(N=Nc2ccc(C(=O)Oc3ccc(P(=O)(O)O)cc3)cc2)cc1. The maximum Gasteiger partial charge on any atom is 0.356 e. The Bertz CT molecular complexity index is 1550. The van der Waals surface area contributed by atoms with Crippen molar-refractivity contribution in [2.75, 3.05) is 11.9 Å². The molecule has 39 heavy (non-hydrogen) atoms. The monoisotopic (exact) mass is 541 g/mol. The zero-order valence-electron chi connectivity index (χ0n) is 20.8. The third-order valence-corrected chi connectivity index (χ3v) is 6.52. The third kappa shape index (κ3) is 7.66. The zero-order chi connectivity index (χ0) is 27.8. The summed E-state index contributed by atoms with van der Waals surface area (Å²) in [6.45, 7) is 0. The van der Waals surface area contributed by atoms with Crippen LogP contribution in [0.25, 0.3) is 6.08 Å². The summed E-state index contributed by atoms with van der Waals surface area (Å²) < 4.78 is 16.5. The van der Waals surface area contributed by atoms with E-state index in [1.165, 1.54) is 47.4 Å². The van der Waals surface area contributed by atoms with Crippen LogP contribution in [0, 0.1) is 0 Å². The first-order chi connectivity index (χ1) is 18.7. The fourth-order valence-electron chi connectivity index (χ4n) is 3.37. The average Bonchev–Trinajstić information content (AvgIpc) is 2.95. The molecule has 196 valence electrons. The van der Waals surface area contributed by atoms with E-state index in [0.29, 0.717) is 17.1 Å². The molecule has 0 radical (unpaired) electrons. The number of benzene rings is 4. The van der Waals surface area contributed by atoms with Gasteiger partial charge in [-0.1, -0.05) is 30.3 Å². The number of esters is 1. The van der Waals surface area contributed by atoms with Crippen LogP contribution >= 0.6 is 7.60 Å². The van der Waals surface area contributed by atoms with Gasteiger partial charge >= 0.3 is 13.6 Å². The summed E-state index contributed by atoms with van der Waals surface area (Å²) in [6.07, 6.45) is 3.28. The van der Waals surface area contributed by atoms with Crippen molar-refractivity contribution >= 4 is 47.9 Å². The number of hydrogen-bond donors (Lipinski definition) is 2. The maximum atomic E-state index is 12.5. The molecule has 4 aromatic carbocycles. The molecular formula is C29H24N3O6P. The minimum atomic E-state index is -4.37. The Morgan fingerprint density at radius 3 is 1.92 bits per heavy atom. The highest BCUT2D eigenvalue weighted by Crippen LogP contribution is 2.33. The van der Waals surface area contributed by atoms with Crippen LogP contribution in [0.4, 0.5) is 17.1 Å². The largest absolute Gasteiger partial charge is 0.423 e. The standard InChI is InChI=1S/C29H24N3O6P/c1-32(28(33)20-7-21-5-3-2-4-6-21)25-14-12-24(13-15-25)31-30-23-10-8-22(9-11-23)29(34)38-26-16-18-27(19-17-26)39(35,36)37/h2-20H,1H3,(H2,35,36,37)/b20-7+,31-30?. The Balaban J connectivity index is 1.33. The minimum absolute atomic E-state index is 0.156. The van der Waals surface area contributed by atoms with Crippen LogP contribution in [0.3, 0.4) is 0 Å². The lowest BCUT2D eigenvalue weighted by Crippen LogP contribution is -2.23. The van der Waals surface area contributed by atoms with Gasteiger partial charge in [0.1, 0.15) is 5.75 Å². The van der Waals surface area contributed by atoms with Crippen molar-refractivity contribution in [1.29, 1.82) is 0 Å². The van der Waals surface area contributed by atoms with Crippen LogP contribution in [0.2, 0.25) is 0 Å². The maximum absolute atomic E-state index is 12.5. The van der Waals surface area contributed by atoms with E-state index in [1.807, 2.05) is 30.3 Å². The second-order valence-electron chi connectivity index (χ2n) is 8.33. The van der Waals surface area contributed by atoms with Crippen molar-refractivity contribution in [3.63, 3.8) is 0 Å². The van der Waals surface area contributed by atoms with Crippen LogP contribution in [-0.4, -0.2) is 28.7 Å². The van der Waals surface area contributed by atoms with Gasteiger partial charge in [0, 0.05) is 18.8 Å². The van der Waals surface area contributed by atoms with Gasteiger partial charge in [-0.05, 0) is 84.4 Å². The lowest BCUT2D eigenvalue weighted by Gasteiger charge is -2.15. The highest BCUT2D eigenvalue weighted by molar-refractivity contribution is 7.60. The molecule has 0 aromatic heterocycles. The van der Waals surface area contributed by atoms with Gasteiger partial charge in [-0.3, -0.25) is 9.36 Å². The number of carbonyl (C=O) groups is 2. The molecule has 0 saturated carbocycles. The van der Waals surface area contributed by atoms with Crippen LogP contribution in [-0.2, 0) is 9.36 Å². The fourth-order valence-corrected chi connectivity index (χ4v) is 3.91. The van der Waals surface area contributed by atoms with E-state index in [0.717, 1.165) is 5.56 Å². The first kappa shape index (κ1) is 27.3. The summed E-state index contributed by atoms with van der Waals surface area (Å²) in [7, 11) is -2.67. The van der Waals surface area contributed by atoms with Gasteiger partial charge < -0.3 is 19.4 Å². The number of ether oxygens (including phenoxy) is 1. The van der Waals surface area contributed by atoms with Crippen LogP contribution in [0.15, 0.2) is 119 Å². The molecule has 0 atom stereocenters. The summed E-state index contributed by atoms with van der Waals surface area (Å²) in [4.78, 5) is 44.7. The van der Waals surface area contributed by atoms with Crippen molar-refractivity contribution in [2.24, 2.45) is 10.2 Å². The normalized spacial score (nSPS) is 11.6. The molecule has 0 bridgehead atoms. The molecule has 0 aliphatic carbocycles. The predicted octanol–water partition coefficient (Wildman–Crippen LogP) is 5.80. The number of anilines is 1. The molecule has 2 N–H and O–H groups in total. The smallest absolute Gasteiger partial charge is 0.356 e. The quantitative estimate of drug-likeness (QED) is 0.0954. The first-order valence-electron chi connectivity index (χ1n) is 11.7. The molecule has 9 nitrogen and oxygen atoms in total. The summed E-state index contributed by atoms with van der Waals surface area (Å²) in [5.74, 6) is -0.635. The topological polar surface area (TPSA) is 129 Å². The number of azo groups is 1. The number of likely N-dealkylation sites (N-methyl/N-ethyl adjacent to an activating group) is 1. The summed E-state index contributed by atoms with van der Waals surface area (Å²) in [6, 6.07) is 27.9. The van der Waals surface area contributed by atoms with Crippen molar-refractivity contribution in [3.05, 3.63) is 120 Å². The average molecular weight is 542 g/mol. The van der Waals surface area contributed by atoms with E-state index < -0.39 is 13.6 Å². The van der Waals surface area contributed by atoms with Crippen LogP contribution < -0.4 is 14.9 Å². The molecule has 0 saturated heterocycles. The Labute approximate surface area is 224 Å². The molecule has 0 fully saturated rings. The summed E-state index contributed by atoms with van der Waals surface area (Å²) in [5.41, 5.74) is 3.01. The van der Waals surface area contributed by atoms with Gasteiger partial charge in [-0.25, -0.2) is 4.79 Å². The Kier molecular flexibility index (Phi) is 8.58. The van der Waals surface area contributed by atoms with Crippen molar-refractivity contribution in [3.8, 4) is 5.75 Å². The summed E-state index contributed by atoms with van der Waals surface area (Å²) in [5, 5.41) is 8.21. The van der Waals surface area contributed by atoms with Crippen molar-refractivity contribution in [2.45, 2.75) is 0 Å². The number of hydrogen-bond acceptors (Lipinski definition) is 6. The van der Waals surface area contributed by atoms with Gasteiger partial charge in [0.15, 0.2) is 0 Å². The van der Waals surface area contributed by atoms with E-state index in [-0.39, 0.29) is 22.5 Å². The zero-order valence-corrected chi connectivity index (χ0v) is 21.7. The second kappa shape index (κ2) is 12.2. The number of nitrogens with zero attached hydrogens (tertiary/aromatic N) is 3. The van der Waals surface area contributed by atoms with Crippen LogP contribution in [0.1, 0.15) is 15.9 Å². The number of carbonyl (C=O) groups excluding carboxylic acids is 2. The molecule has 0 spiro atoms. The lowest BCUT2D eigenvalue weighted by atomic mass is 10.2. The molecule has 1 amide bonds. The molecule has 4 rings (SSSR count). The minimum Gasteiger partial charge on any atom is -0.423 e. The Morgan fingerprint density at radius 1 is 0.795 bits per heavy atom. The van der Waals surface area contributed by atoms with E-state index in [2.05, 4.69) is 10.2 Å². The van der Waals surface area contributed by atoms with Gasteiger partial charge in [-0.15, -0.1) is 0 Å². The van der Waals surface area contributed by atoms with Crippen molar-refractivity contribution in [1.82, 2.24) is 0 Å². The number of amides is 1. The van der Waals surface area contributed by atoms with Gasteiger partial charge in [-0.2, -0.15) is 10.2 Å². The molecule has 0 heterocycles. The number of rotatable bonds is 8. The molecule has 0 aliphatic rings. The Hall–Kier alpha value is -4.69. The highest BCUT2D eigenvalue weighted by atomic mass is 31.2. The molecular weight excluding hydrogens is 517 g/mol. The van der Waals surface area contributed by atoms with Gasteiger partial charge in [0.05, 0.1) is 22.2 Å². The van der Waals surface area contributed by atoms with Gasteiger partial charge in [0.25, 0.3) is 5.91 Å². The van der Waals surface area contributed by atoms with Crippen molar-refractivity contribution < 1.29 is 28.7 Å². The molecule has 0 unspecified atom stereocenters. The predicted molar refractivity (Wildman–Crippen MR) is 149 cm³/mol. The second-order valence-corrected chi connectivity index (χ2v) is 9.94. The summed E-state index contributed by atoms with van der Waals surface area (Å²) >= 11 is 0. The fraction of sp³-hybridized carbons (Fsp3) is 0.0345. The van der Waals surface area contributed by atoms with E-state index >= 15 is 0 Å². The van der Waals surface area contributed by atoms with Crippen LogP contribution in [0.5, 0.6) is 5.75 Å². The highest BCUT2D eigenvalue weighted by Gasteiger charge is 2.17. The first-order valence-corrected chi connectivity index (χ1v) is 13.3. The van der Waals surface area contributed by atoms with E-state index in [1.54, 1.807) is 49.5 Å². The molecule has 0 aliphatic heterocycles. The lowest BCUT2D eigenvalue weighted by molar-refractivity contribution is -0.113. The van der Waals surface area contributed by atoms with Gasteiger partial charge in [0.2, 0.25) is 0 Å².